The van der Waals surface area contributed by atoms with Gasteiger partial charge >= 0.3 is 5.97 Å². The Kier molecular flexibility index (Phi) is 9.60. The Morgan fingerprint density at radius 3 is 2.42 bits per heavy atom. The van der Waals surface area contributed by atoms with E-state index < -0.39 is 29.6 Å². The van der Waals surface area contributed by atoms with E-state index in [1.165, 1.54) is 0 Å². The summed E-state index contributed by atoms with van der Waals surface area (Å²) in [7, 11) is 0. The maximum Gasteiger partial charge on any atom is 0.385 e. The highest BCUT2D eigenvalue weighted by Crippen LogP contribution is 2.17. The van der Waals surface area contributed by atoms with Crippen molar-refractivity contribution < 1.29 is 14.3 Å². The Morgan fingerprint density at radius 2 is 1.96 bits per heavy atom. The lowest BCUT2D eigenvalue weighted by atomic mass is 9.98. The largest absolute Gasteiger partial charge is 0.442 e. The second-order valence-corrected chi connectivity index (χ2v) is 7.02. The minimum Gasteiger partial charge on any atom is -0.442 e. The molecule has 24 heavy (non-hydrogen) atoms. The van der Waals surface area contributed by atoms with Gasteiger partial charge in [-0.2, -0.15) is 0 Å². The summed E-state index contributed by atoms with van der Waals surface area (Å²) in [5, 5.41) is 6.42. The molecule has 0 aliphatic heterocycles. The number of nitrogens with one attached hydrogen (secondary N) is 1. The molecule has 0 saturated carbocycles. The fraction of sp³-hybridized carbons (Fsp3) is 0.765. The van der Waals surface area contributed by atoms with Crippen LogP contribution >= 0.6 is 0 Å². The van der Waals surface area contributed by atoms with Crippen LogP contribution in [-0.4, -0.2) is 29.6 Å². The summed E-state index contributed by atoms with van der Waals surface area (Å²) in [6, 6.07) is -0.783. The van der Waals surface area contributed by atoms with Gasteiger partial charge in [0, 0.05) is 22.8 Å². The molecule has 0 rings (SSSR count). The van der Waals surface area contributed by atoms with Gasteiger partial charge in [0.05, 0.1) is 6.04 Å². The zero-order chi connectivity index (χ0) is 18.8. The van der Waals surface area contributed by atoms with Crippen LogP contribution in [0.3, 0.4) is 0 Å². The fourth-order valence-corrected chi connectivity index (χ4v) is 1.93. The Labute approximate surface area is 144 Å². The van der Waals surface area contributed by atoms with Crippen molar-refractivity contribution >= 4 is 11.9 Å². The molecule has 7 nitrogen and oxygen atoms in total. The van der Waals surface area contributed by atoms with Crippen LogP contribution in [-0.2, 0) is 14.3 Å². The van der Waals surface area contributed by atoms with Gasteiger partial charge in [0.1, 0.15) is 0 Å². The molecule has 1 amide bonds. The monoisotopic (exact) mass is 336 g/mol. The summed E-state index contributed by atoms with van der Waals surface area (Å²) >= 11 is 0. The number of hydrogen-bond acceptors (Lipinski definition) is 4. The highest BCUT2D eigenvalue weighted by molar-refractivity contribution is 5.92. The van der Waals surface area contributed by atoms with E-state index in [0.29, 0.717) is 12.8 Å². The lowest BCUT2D eigenvalue weighted by molar-refractivity contribution is -0.152. The van der Waals surface area contributed by atoms with Gasteiger partial charge in [-0.3, -0.25) is 4.79 Å². The van der Waals surface area contributed by atoms with Crippen LogP contribution in [0.5, 0.6) is 0 Å². The van der Waals surface area contributed by atoms with Gasteiger partial charge < -0.3 is 10.1 Å². The van der Waals surface area contributed by atoms with Crippen LogP contribution in [0.2, 0.25) is 0 Å². The van der Waals surface area contributed by atoms with E-state index in [9.17, 15) is 9.59 Å². The Balaban J connectivity index is 5.40. The number of rotatable bonds is 7. The van der Waals surface area contributed by atoms with E-state index in [-0.39, 0.29) is 5.92 Å². The number of carbonyl (C=O) groups is 2. The van der Waals surface area contributed by atoms with E-state index in [1.54, 1.807) is 0 Å². The van der Waals surface area contributed by atoms with Crippen LogP contribution in [0.25, 0.3) is 10.4 Å². The summed E-state index contributed by atoms with van der Waals surface area (Å²) in [5.41, 5.74) is 8.27. The van der Waals surface area contributed by atoms with E-state index in [1.807, 2.05) is 41.5 Å². The molecule has 0 aromatic carbocycles. The molecular formula is C17H28N4O3. The molecule has 0 aromatic heterocycles. The maximum absolute atomic E-state index is 12.5. The summed E-state index contributed by atoms with van der Waals surface area (Å²) in [5.74, 6) is 3.91. The van der Waals surface area contributed by atoms with E-state index in [2.05, 4.69) is 27.2 Å². The molecule has 7 heteroatoms. The van der Waals surface area contributed by atoms with Crippen LogP contribution in [0, 0.1) is 17.8 Å². The summed E-state index contributed by atoms with van der Waals surface area (Å²) in [6.45, 7) is 11.3. The number of esters is 1. The topological polar surface area (TPSA) is 104 Å². The Bertz CT molecular complexity index is 534. The number of carbonyl (C=O) groups excluding carboxylic acids is 2. The number of unbranched alkanes of at least 4 members (excludes halogenated alkanes) is 1. The molecule has 0 radical (unpaired) electrons. The number of azide groups is 1. The van der Waals surface area contributed by atoms with Crippen molar-refractivity contribution in [2.45, 2.75) is 78.5 Å². The molecule has 0 fully saturated rings. The molecule has 0 aliphatic rings. The first-order valence-electron chi connectivity index (χ1n) is 8.16. The van der Waals surface area contributed by atoms with Crippen LogP contribution in [0.1, 0.15) is 60.8 Å². The van der Waals surface area contributed by atoms with Gasteiger partial charge in [-0.25, -0.2) is 4.79 Å². The van der Waals surface area contributed by atoms with Gasteiger partial charge in [-0.05, 0) is 45.1 Å². The van der Waals surface area contributed by atoms with Gasteiger partial charge in [0.15, 0.2) is 6.10 Å². The summed E-state index contributed by atoms with van der Waals surface area (Å²) in [4.78, 5) is 27.2. The highest BCUT2D eigenvalue weighted by Gasteiger charge is 2.33. The Hall–Kier alpha value is -2.19. The second kappa shape index (κ2) is 10.6. The van der Waals surface area contributed by atoms with Crippen LogP contribution in [0.4, 0.5) is 0 Å². The average molecular weight is 336 g/mol. The molecule has 1 N–H and O–H groups in total. The predicted octanol–water partition coefficient (Wildman–Crippen LogP) is 3.34. The van der Waals surface area contributed by atoms with E-state index in [0.717, 1.165) is 6.42 Å². The molecule has 0 aliphatic carbocycles. The lowest BCUT2D eigenvalue weighted by Crippen LogP contribution is -2.51. The standard InChI is InChI=1S/C17H28N4O3/c1-7-8-9-10-14(22)24-15(16(23)19-17(4,5)6)13(20-21-18)11-12(2)3/h12-13,15H,7-8,11H2,1-6H3,(H,19,23)/t13-,15?/m0/s1. The predicted molar refractivity (Wildman–Crippen MR) is 92.8 cm³/mol. The van der Waals surface area contributed by atoms with Gasteiger partial charge in [0.2, 0.25) is 0 Å². The summed E-state index contributed by atoms with van der Waals surface area (Å²) < 4.78 is 5.23. The van der Waals surface area contributed by atoms with Crippen molar-refractivity contribution in [3.05, 3.63) is 10.4 Å². The molecule has 0 spiro atoms. The minimum absolute atomic E-state index is 0.162. The van der Waals surface area contributed by atoms with Crippen LogP contribution in [0.15, 0.2) is 5.11 Å². The minimum atomic E-state index is -1.20. The molecular weight excluding hydrogens is 308 g/mol. The zero-order valence-corrected chi connectivity index (χ0v) is 15.4. The molecule has 0 saturated heterocycles. The SMILES string of the molecule is CCCC#CC(=O)OC(C(=O)NC(C)(C)C)[C@H](CC(C)C)N=[N+]=[N-]. The first-order valence-corrected chi connectivity index (χ1v) is 8.16. The third-order valence-electron chi connectivity index (χ3n) is 2.82. The van der Waals surface area contributed by atoms with Gasteiger partial charge in [-0.15, -0.1) is 0 Å². The summed E-state index contributed by atoms with van der Waals surface area (Å²) in [6.07, 6.45) is 0.607. The molecule has 1 unspecified atom stereocenters. The van der Waals surface area contributed by atoms with Crippen molar-refractivity contribution in [3.8, 4) is 11.8 Å². The lowest BCUT2D eigenvalue weighted by Gasteiger charge is -2.28. The molecule has 134 valence electrons. The fourth-order valence-electron chi connectivity index (χ4n) is 1.93. The van der Waals surface area contributed by atoms with E-state index in [4.69, 9.17) is 10.3 Å². The first-order chi connectivity index (χ1) is 11.1. The van der Waals surface area contributed by atoms with Crippen molar-refractivity contribution in [2.75, 3.05) is 0 Å². The Morgan fingerprint density at radius 1 is 1.33 bits per heavy atom. The highest BCUT2D eigenvalue weighted by atomic mass is 16.5. The third kappa shape index (κ3) is 9.75. The quantitative estimate of drug-likeness (QED) is 0.192. The van der Waals surface area contributed by atoms with Crippen molar-refractivity contribution in [1.82, 2.24) is 5.32 Å². The van der Waals surface area contributed by atoms with Crippen molar-refractivity contribution in [1.29, 1.82) is 0 Å². The van der Waals surface area contributed by atoms with Crippen molar-refractivity contribution in [2.24, 2.45) is 11.0 Å². The maximum atomic E-state index is 12.5. The van der Waals surface area contributed by atoms with Gasteiger partial charge in [-0.1, -0.05) is 31.8 Å². The number of hydrogen-bond donors (Lipinski definition) is 1. The third-order valence-corrected chi connectivity index (χ3v) is 2.82. The molecule has 0 heterocycles. The molecule has 2 atom stereocenters. The zero-order valence-electron chi connectivity index (χ0n) is 15.4. The molecule has 0 aromatic rings. The number of ether oxygens (including phenoxy) is 1. The van der Waals surface area contributed by atoms with Gasteiger partial charge in [0.25, 0.3) is 5.91 Å². The smallest absolute Gasteiger partial charge is 0.385 e. The van der Waals surface area contributed by atoms with E-state index >= 15 is 0 Å². The number of nitrogens with zero attached hydrogens (tertiary/aromatic N) is 3. The van der Waals surface area contributed by atoms with Crippen molar-refractivity contribution in [3.63, 3.8) is 0 Å². The second-order valence-electron chi connectivity index (χ2n) is 7.02. The average Bonchev–Trinajstić information content (AvgIpc) is 2.42. The molecule has 0 bridgehead atoms. The first kappa shape index (κ1) is 21.8. The normalized spacial score (nSPS) is 13.1. The number of amides is 1. The van der Waals surface area contributed by atoms with Crippen LogP contribution < -0.4 is 5.32 Å².